The summed E-state index contributed by atoms with van der Waals surface area (Å²) in [7, 11) is -1.20. The van der Waals surface area contributed by atoms with E-state index in [4.69, 9.17) is 0 Å². The van der Waals surface area contributed by atoms with E-state index in [1.807, 2.05) is 37.6 Å². The summed E-state index contributed by atoms with van der Waals surface area (Å²) < 4.78 is 14.9. The van der Waals surface area contributed by atoms with Gasteiger partial charge >= 0.3 is 0 Å². The third-order valence-electron chi connectivity index (χ3n) is 4.54. The first-order chi connectivity index (χ1) is 10.9. The summed E-state index contributed by atoms with van der Waals surface area (Å²) in [5.74, 6) is 0.466. The fourth-order valence-electron chi connectivity index (χ4n) is 3.29. The highest BCUT2D eigenvalue weighted by Gasteiger charge is 2.27. The van der Waals surface area contributed by atoms with Crippen molar-refractivity contribution in [3.05, 3.63) is 46.3 Å². The third-order valence-corrected chi connectivity index (χ3v) is 5.81. The highest BCUT2D eigenvalue weighted by molar-refractivity contribution is 7.84. The van der Waals surface area contributed by atoms with E-state index >= 15 is 0 Å². The maximum atomic E-state index is 12.8. The van der Waals surface area contributed by atoms with Crippen molar-refractivity contribution in [3.63, 3.8) is 0 Å². The van der Waals surface area contributed by atoms with Crippen molar-refractivity contribution in [2.45, 2.75) is 57.5 Å². The molecule has 5 heteroatoms. The van der Waals surface area contributed by atoms with Crippen LogP contribution < -0.4 is 0 Å². The second kappa shape index (κ2) is 6.04. The molecule has 0 unspecified atom stereocenters. The normalized spacial score (nSPS) is 15.7. The fraction of sp³-hybridized carbons (Fsp3) is 0.444. The molecule has 1 saturated carbocycles. The highest BCUT2D eigenvalue weighted by atomic mass is 32.2. The first kappa shape index (κ1) is 16.1. The first-order valence-corrected chi connectivity index (χ1v) is 9.24. The van der Waals surface area contributed by atoms with E-state index < -0.39 is 10.8 Å². The lowest BCUT2D eigenvalue weighted by molar-refractivity contribution is 0.101. The SMILES string of the molecule is CC(=O)c1c(C)cc(C)c(C[S@@](=O)c2nccn2C2CC2)c1C. The zero-order chi connectivity index (χ0) is 16.7. The van der Waals surface area contributed by atoms with Crippen LogP contribution in [0.15, 0.2) is 23.6 Å². The van der Waals surface area contributed by atoms with Crippen LogP contribution in [0.1, 0.15) is 58.4 Å². The number of aryl methyl sites for hydroxylation is 2. The number of benzene rings is 1. The predicted octanol–water partition coefficient (Wildman–Crippen LogP) is 3.65. The number of carbonyl (C=O) groups excluding carboxylic acids is 1. The largest absolute Gasteiger partial charge is 0.321 e. The number of aromatic nitrogens is 2. The molecule has 1 heterocycles. The number of ketones is 1. The van der Waals surface area contributed by atoms with Crippen molar-refractivity contribution < 1.29 is 9.00 Å². The molecule has 0 amide bonds. The molecule has 1 aliphatic rings. The van der Waals surface area contributed by atoms with Crippen molar-refractivity contribution in [1.82, 2.24) is 9.55 Å². The summed E-state index contributed by atoms with van der Waals surface area (Å²) in [5.41, 5.74) is 4.79. The smallest absolute Gasteiger partial charge is 0.199 e. The summed E-state index contributed by atoms with van der Waals surface area (Å²) in [6, 6.07) is 2.48. The van der Waals surface area contributed by atoms with E-state index in [1.54, 1.807) is 13.1 Å². The summed E-state index contributed by atoms with van der Waals surface area (Å²) in [6.45, 7) is 7.52. The zero-order valence-corrected chi connectivity index (χ0v) is 14.9. The second-order valence-electron chi connectivity index (χ2n) is 6.38. The van der Waals surface area contributed by atoms with E-state index in [0.29, 0.717) is 17.0 Å². The van der Waals surface area contributed by atoms with Gasteiger partial charge in [0.25, 0.3) is 0 Å². The van der Waals surface area contributed by atoms with Crippen LogP contribution in [0, 0.1) is 20.8 Å². The quantitative estimate of drug-likeness (QED) is 0.786. The minimum atomic E-state index is -1.20. The Morgan fingerprint density at radius 1 is 1.30 bits per heavy atom. The topological polar surface area (TPSA) is 52.0 Å². The van der Waals surface area contributed by atoms with Gasteiger partial charge in [0.2, 0.25) is 0 Å². The molecular weight excluding hydrogens is 308 g/mol. The Bertz CT molecular complexity index is 804. The molecule has 0 aliphatic heterocycles. The maximum absolute atomic E-state index is 12.8. The van der Waals surface area contributed by atoms with Crippen LogP contribution >= 0.6 is 0 Å². The van der Waals surface area contributed by atoms with Gasteiger partial charge < -0.3 is 4.57 Å². The molecule has 1 aromatic heterocycles. The van der Waals surface area contributed by atoms with E-state index in [1.165, 1.54) is 0 Å². The van der Waals surface area contributed by atoms with Crippen molar-refractivity contribution in [1.29, 1.82) is 0 Å². The van der Waals surface area contributed by atoms with Crippen LogP contribution in [0.25, 0.3) is 0 Å². The molecule has 1 atom stereocenters. The Balaban J connectivity index is 1.96. The maximum Gasteiger partial charge on any atom is 0.199 e. The molecule has 0 bridgehead atoms. The fourth-order valence-corrected chi connectivity index (χ4v) is 4.75. The average Bonchev–Trinajstić information content (AvgIpc) is 3.19. The average molecular weight is 330 g/mol. The second-order valence-corrected chi connectivity index (χ2v) is 7.73. The summed E-state index contributed by atoms with van der Waals surface area (Å²) in [5, 5.41) is 0.649. The predicted molar refractivity (Wildman–Crippen MR) is 91.3 cm³/mol. The Kier molecular flexibility index (Phi) is 4.23. The van der Waals surface area contributed by atoms with Gasteiger partial charge in [0.05, 0.1) is 16.6 Å². The van der Waals surface area contributed by atoms with E-state index in [-0.39, 0.29) is 5.78 Å². The van der Waals surface area contributed by atoms with Crippen LogP contribution in [-0.4, -0.2) is 19.5 Å². The lowest BCUT2D eigenvalue weighted by Crippen LogP contribution is -2.10. The Hall–Kier alpha value is -1.75. The van der Waals surface area contributed by atoms with Crippen LogP contribution in [0.4, 0.5) is 0 Å². The van der Waals surface area contributed by atoms with Gasteiger partial charge in [-0.25, -0.2) is 4.98 Å². The molecule has 0 spiro atoms. The molecule has 1 aliphatic carbocycles. The molecule has 4 nitrogen and oxygen atoms in total. The van der Waals surface area contributed by atoms with Crippen LogP contribution in [-0.2, 0) is 16.6 Å². The molecule has 2 aromatic rings. The number of Topliss-reactive ketones (excluding diaryl/α,β-unsaturated/α-hetero) is 1. The van der Waals surface area contributed by atoms with Gasteiger partial charge in [-0.1, -0.05) is 6.07 Å². The highest BCUT2D eigenvalue weighted by Crippen LogP contribution is 2.36. The van der Waals surface area contributed by atoms with Gasteiger partial charge in [-0.3, -0.25) is 9.00 Å². The molecule has 0 N–H and O–H groups in total. The summed E-state index contributed by atoms with van der Waals surface area (Å²) in [6.07, 6.45) is 5.91. The number of carbonyl (C=O) groups is 1. The minimum absolute atomic E-state index is 0.0616. The molecule has 0 radical (unpaired) electrons. The number of hydrogen-bond donors (Lipinski definition) is 0. The Morgan fingerprint density at radius 3 is 2.61 bits per heavy atom. The molecule has 3 rings (SSSR count). The lowest BCUT2D eigenvalue weighted by atomic mass is 9.92. The van der Waals surface area contributed by atoms with Crippen molar-refractivity contribution >= 4 is 16.6 Å². The number of rotatable bonds is 5. The lowest BCUT2D eigenvalue weighted by Gasteiger charge is -2.16. The minimum Gasteiger partial charge on any atom is -0.321 e. The first-order valence-electron chi connectivity index (χ1n) is 7.92. The van der Waals surface area contributed by atoms with E-state index in [0.717, 1.165) is 40.7 Å². The van der Waals surface area contributed by atoms with E-state index in [2.05, 4.69) is 4.98 Å². The van der Waals surface area contributed by atoms with Gasteiger partial charge in [-0.2, -0.15) is 0 Å². The molecule has 1 fully saturated rings. The van der Waals surface area contributed by atoms with Crippen LogP contribution in [0.5, 0.6) is 0 Å². The zero-order valence-electron chi connectivity index (χ0n) is 14.0. The number of nitrogens with zero attached hydrogens (tertiary/aromatic N) is 2. The molecular formula is C18H22N2O2S. The molecule has 1 aromatic carbocycles. The molecule has 23 heavy (non-hydrogen) atoms. The van der Waals surface area contributed by atoms with Gasteiger partial charge in [-0.15, -0.1) is 0 Å². The third kappa shape index (κ3) is 3.02. The molecule has 122 valence electrons. The van der Waals surface area contributed by atoms with Gasteiger partial charge in [0.15, 0.2) is 10.9 Å². The van der Waals surface area contributed by atoms with Crippen molar-refractivity contribution in [2.75, 3.05) is 0 Å². The van der Waals surface area contributed by atoms with Crippen LogP contribution in [0.2, 0.25) is 0 Å². The van der Waals surface area contributed by atoms with Gasteiger partial charge in [0, 0.05) is 24.0 Å². The standard InChI is InChI=1S/C18H22N2O2S/c1-11-9-12(2)17(14(4)21)13(3)16(11)10-23(22)18-19-7-8-20(18)15-5-6-15/h7-9,15H,5-6,10H2,1-4H3/t23-/m1/s1. The molecule has 0 saturated heterocycles. The van der Waals surface area contributed by atoms with Crippen molar-refractivity contribution in [2.24, 2.45) is 0 Å². The van der Waals surface area contributed by atoms with E-state index in [9.17, 15) is 9.00 Å². The summed E-state index contributed by atoms with van der Waals surface area (Å²) in [4.78, 5) is 16.2. The Labute approximate surface area is 139 Å². The van der Waals surface area contributed by atoms with Crippen molar-refractivity contribution in [3.8, 4) is 0 Å². The van der Waals surface area contributed by atoms with Crippen LogP contribution in [0.3, 0.4) is 0 Å². The number of hydrogen-bond acceptors (Lipinski definition) is 3. The van der Waals surface area contributed by atoms with Gasteiger partial charge in [0.1, 0.15) is 0 Å². The monoisotopic (exact) mass is 330 g/mol. The summed E-state index contributed by atoms with van der Waals surface area (Å²) >= 11 is 0. The Morgan fingerprint density at radius 2 is 2.00 bits per heavy atom. The van der Waals surface area contributed by atoms with Gasteiger partial charge in [-0.05, 0) is 62.8 Å². The number of imidazole rings is 1.